The van der Waals surface area contributed by atoms with E-state index in [0.717, 1.165) is 10.4 Å². The lowest BCUT2D eigenvalue weighted by Gasteiger charge is -2.31. The summed E-state index contributed by atoms with van der Waals surface area (Å²) in [6.45, 7) is 1.71. The Bertz CT molecular complexity index is 1230. The van der Waals surface area contributed by atoms with Crippen LogP contribution >= 0.6 is 11.3 Å². The third-order valence-electron chi connectivity index (χ3n) is 5.99. The maximum absolute atomic E-state index is 12.3. The van der Waals surface area contributed by atoms with E-state index in [2.05, 4.69) is 30.3 Å². The second-order valence-electron chi connectivity index (χ2n) is 8.69. The van der Waals surface area contributed by atoms with E-state index in [-0.39, 0.29) is 37.9 Å². The van der Waals surface area contributed by atoms with Gasteiger partial charge in [-0.25, -0.2) is 9.97 Å². The molecular formula is C22H27F3N6O4S. The number of aliphatic hydroxyl groups is 3. The third kappa shape index (κ3) is 5.67. The van der Waals surface area contributed by atoms with Crippen molar-refractivity contribution < 1.29 is 33.2 Å². The number of thiazole rings is 1. The summed E-state index contributed by atoms with van der Waals surface area (Å²) in [7, 11) is 0. The molecular weight excluding hydrogens is 501 g/mol. The molecule has 4 rings (SSSR count). The second kappa shape index (κ2) is 10.4. The Balaban J connectivity index is 1.66. The Morgan fingerprint density at radius 3 is 2.67 bits per heavy atom. The van der Waals surface area contributed by atoms with Crippen LogP contribution in [0.5, 0.6) is 0 Å². The van der Waals surface area contributed by atoms with E-state index in [4.69, 9.17) is 4.98 Å². The van der Waals surface area contributed by atoms with E-state index in [0.29, 0.717) is 28.2 Å². The number of aromatic nitrogens is 4. The summed E-state index contributed by atoms with van der Waals surface area (Å²) in [4.78, 5) is 17.8. The van der Waals surface area contributed by atoms with Gasteiger partial charge in [-0.2, -0.15) is 18.2 Å². The number of alkyl halides is 3. The van der Waals surface area contributed by atoms with Gasteiger partial charge in [-0.15, -0.1) is 11.3 Å². The van der Waals surface area contributed by atoms with Crippen molar-refractivity contribution in [2.24, 2.45) is 5.92 Å². The quantitative estimate of drug-likeness (QED) is 0.208. The molecule has 0 bridgehead atoms. The molecule has 1 aliphatic rings. The number of nitrogens with one attached hydrogen (secondary N) is 2. The van der Waals surface area contributed by atoms with Crippen LogP contribution in [0, 0.1) is 19.8 Å². The minimum atomic E-state index is -4.42. The van der Waals surface area contributed by atoms with Crippen molar-refractivity contribution in [2.75, 3.05) is 37.0 Å². The predicted molar refractivity (Wildman–Crippen MR) is 128 cm³/mol. The van der Waals surface area contributed by atoms with Crippen LogP contribution in [0.1, 0.15) is 24.2 Å². The zero-order valence-electron chi connectivity index (χ0n) is 19.6. The number of aliphatic hydroxyl groups excluding tert-OH is 2. The minimum Gasteiger partial charge on any atom is -0.396 e. The molecule has 10 nitrogen and oxygen atoms in total. The maximum Gasteiger partial charge on any atom is 0.411 e. The summed E-state index contributed by atoms with van der Waals surface area (Å²) in [5.74, 6) is -0.220. The highest BCUT2D eigenvalue weighted by Gasteiger charge is 2.47. The van der Waals surface area contributed by atoms with Gasteiger partial charge >= 0.3 is 6.18 Å². The first kappa shape index (κ1) is 26.4. The van der Waals surface area contributed by atoms with Crippen LogP contribution in [0.15, 0.2) is 12.3 Å². The van der Waals surface area contributed by atoms with Crippen molar-refractivity contribution in [3.8, 4) is 10.6 Å². The molecule has 196 valence electrons. The predicted octanol–water partition coefficient (Wildman–Crippen LogP) is 2.62. The van der Waals surface area contributed by atoms with Crippen molar-refractivity contribution in [2.45, 2.75) is 44.7 Å². The van der Waals surface area contributed by atoms with E-state index < -0.39 is 30.5 Å². The largest absolute Gasteiger partial charge is 0.411 e. The van der Waals surface area contributed by atoms with Crippen LogP contribution in [-0.2, 0) is 4.74 Å². The lowest BCUT2D eigenvalue weighted by Crippen LogP contribution is -2.48. The average Bonchev–Trinajstić information content (AvgIpc) is 3.34. The number of aryl methyl sites for hydroxylation is 2. The Morgan fingerprint density at radius 1 is 1.22 bits per heavy atom. The molecule has 1 fully saturated rings. The van der Waals surface area contributed by atoms with Crippen molar-refractivity contribution in [3.05, 3.63) is 23.7 Å². The summed E-state index contributed by atoms with van der Waals surface area (Å²) in [5.41, 5.74) is 0.695. The fourth-order valence-electron chi connectivity index (χ4n) is 4.14. The van der Waals surface area contributed by atoms with Gasteiger partial charge in [0.1, 0.15) is 29.1 Å². The minimum absolute atomic E-state index is 0.0137. The van der Waals surface area contributed by atoms with Gasteiger partial charge in [0.15, 0.2) is 5.72 Å². The van der Waals surface area contributed by atoms with Gasteiger partial charge in [0.05, 0.1) is 28.3 Å². The van der Waals surface area contributed by atoms with Crippen molar-refractivity contribution in [1.82, 2.24) is 19.9 Å². The van der Waals surface area contributed by atoms with E-state index in [9.17, 15) is 28.5 Å². The van der Waals surface area contributed by atoms with Gasteiger partial charge in [0.25, 0.3) is 0 Å². The van der Waals surface area contributed by atoms with E-state index >= 15 is 0 Å². The molecule has 36 heavy (non-hydrogen) atoms. The van der Waals surface area contributed by atoms with Crippen molar-refractivity contribution in [1.29, 1.82) is 0 Å². The smallest absolute Gasteiger partial charge is 0.396 e. The fraction of sp³-hybridized carbons (Fsp3) is 0.545. The van der Waals surface area contributed by atoms with Gasteiger partial charge in [0, 0.05) is 25.3 Å². The van der Waals surface area contributed by atoms with E-state index in [1.165, 1.54) is 11.3 Å². The van der Waals surface area contributed by atoms with Crippen LogP contribution < -0.4 is 10.6 Å². The molecule has 0 unspecified atom stereocenters. The first-order valence-electron chi connectivity index (χ1n) is 11.3. The first-order valence-corrected chi connectivity index (χ1v) is 12.1. The summed E-state index contributed by atoms with van der Waals surface area (Å²) in [6.07, 6.45) is -3.42. The van der Waals surface area contributed by atoms with Crippen LogP contribution in [0.3, 0.4) is 0 Å². The third-order valence-corrected chi connectivity index (χ3v) is 7.03. The molecule has 1 aliphatic carbocycles. The molecule has 0 aromatic carbocycles. The topological polar surface area (TPSA) is 146 Å². The summed E-state index contributed by atoms with van der Waals surface area (Å²) < 4.78 is 42.4. The molecule has 5 N–H and O–H groups in total. The molecule has 0 saturated heterocycles. The van der Waals surface area contributed by atoms with Crippen LogP contribution in [0.4, 0.5) is 24.9 Å². The molecule has 0 aliphatic heterocycles. The normalized spacial score (nSPS) is 22.3. The van der Waals surface area contributed by atoms with Crippen LogP contribution in [0.2, 0.25) is 0 Å². The fourth-order valence-corrected chi connectivity index (χ4v) is 5.25. The Hall–Kier alpha value is -2.65. The number of fused-ring (bicyclic) bond motifs is 1. The Morgan fingerprint density at radius 2 is 2.00 bits per heavy atom. The molecule has 0 radical (unpaired) electrons. The number of halogens is 3. The molecule has 3 aromatic rings. The Kier molecular flexibility index (Phi) is 7.61. The first-order chi connectivity index (χ1) is 17.0. The molecule has 3 atom stereocenters. The zero-order valence-corrected chi connectivity index (χ0v) is 20.4. The van der Waals surface area contributed by atoms with Gasteiger partial charge in [-0.1, -0.05) is 0 Å². The number of hydrogen-bond donors (Lipinski definition) is 5. The number of nitrogens with zero attached hydrogens (tertiary/aromatic N) is 4. The van der Waals surface area contributed by atoms with Crippen LogP contribution in [0.25, 0.3) is 20.8 Å². The number of anilines is 2. The highest BCUT2D eigenvalue weighted by Crippen LogP contribution is 2.40. The number of ether oxygens (including phenoxy) is 1. The lowest BCUT2D eigenvalue weighted by atomic mass is 10.0. The van der Waals surface area contributed by atoms with Gasteiger partial charge in [-0.3, -0.25) is 4.98 Å². The molecule has 0 spiro atoms. The van der Waals surface area contributed by atoms with Crippen LogP contribution in [-0.4, -0.2) is 79.6 Å². The van der Waals surface area contributed by atoms with Gasteiger partial charge in [0.2, 0.25) is 5.95 Å². The SMILES string of the molecule is Cc1nc(NCCOCC(F)(F)F)nc(N[C@@]2(O)CC[C@H](CO)[C@H]2O)c1-c1nc2c(C)nccc2s1. The van der Waals surface area contributed by atoms with Crippen molar-refractivity contribution in [3.63, 3.8) is 0 Å². The summed E-state index contributed by atoms with van der Waals surface area (Å²) in [5, 5.41) is 37.6. The summed E-state index contributed by atoms with van der Waals surface area (Å²) in [6, 6.07) is 1.84. The number of rotatable bonds is 9. The molecule has 3 aromatic heterocycles. The van der Waals surface area contributed by atoms with E-state index in [1.54, 1.807) is 13.1 Å². The van der Waals surface area contributed by atoms with Crippen molar-refractivity contribution >= 4 is 33.3 Å². The lowest BCUT2D eigenvalue weighted by molar-refractivity contribution is -0.172. The van der Waals surface area contributed by atoms with E-state index in [1.807, 2.05) is 13.0 Å². The highest BCUT2D eigenvalue weighted by molar-refractivity contribution is 7.21. The molecule has 0 amide bonds. The average molecular weight is 529 g/mol. The molecule has 1 saturated carbocycles. The number of hydrogen-bond acceptors (Lipinski definition) is 11. The van der Waals surface area contributed by atoms with Gasteiger partial charge < -0.3 is 30.7 Å². The highest BCUT2D eigenvalue weighted by atomic mass is 32.1. The Labute approximate surface area is 208 Å². The summed E-state index contributed by atoms with van der Waals surface area (Å²) >= 11 is 1.39. The standard InChI is InChI=1S/C22H27F3N6O4S/c1-11-15(19-29-16-12(2)26-6-4-14(16)36-19)18(31-21(34)5-3-13(9-32)17(21)33)30-20(28-11)27-7-8-35-10-22(23,24)25/h4,6,13,17,32-34H,3,5,7-10H2,1-2H3,(H2,27,28,30,31)/t13-,17-,21-/m1/s1. The zero-order chi connectivity index (χ0) is 26.1. The molecule has 14 heteroatoms. The number of pyridine rings is 1. The second-order valence-corrected chi connectivity index (χ2v) is 9.72. The maximum atomic E-state index is 12.3. The monoisotopic (exact) mass is 528 g/mol. The van der Waals surface area contributed by atoms with Gasteiger partial charge in [-0.05, 0) is 32.8 Å². The molecule has 3 heterocycles.